The number of carbonyl (C=O) groups is 1. The van der Waals surface area contributed by atoms with Gasteiger partial charge in [0.05, 0.1) is 17.1 Å². The molecular formula is C21H20BrN3O2S. The number of benzene rings is 3. The highest BCUT2D eigenvalue weighted by atomic mass is 79.9. The lowest BCUT2D eigenvalue weighted by atomic mass is 10.1. The van der Waals surface area contributed by atoms with Gasteiger partial charge in [-0.25, -0.2) is 0 Å². The van der Waals surface area contributed by atoms with Gasteiger partial charge in [0.1, 0.15) is 5.75 Å². The number of rotatable bonds is 4. The molecule has 28 heavy (non-hydrogen) atoms. The average molecular weight is 458 g/mol. The second-order valence-corrected chi connectivity index (χ2v) is 7.54. The zero-order valence-corrected chi connectivity index (χ0v) is 18.1. The first-order valence-corrected chi connectivity index (χ1v) is 9.75. The molecule has 2 N–H and O–H groups in total. The first-order valence-electron chi connectivity index (χ1n) is 8.55. The van der Waals surface area contributed by atoms with Crippen molar-refractivity contribution in [1.29, 1.82) is 0 Å². The highest BCUT2D eigenvalue weighted by Crippen LogP contribution is 2.36. The summed E-state index contributed by atoms with van der Waals surface area (Å²) in [6.07, 6.45) is 0. The number of thiocarbonyl (C=S) groups is 1. The van der Waals surface area contributed by atoms with E-state index in [-0.39, 0.29) is 11.0 Å². The summed E-state index contributed by atoms with van der Waals surface area (Å²) in [5, 5.41) is 7.86. The quantitative estimate of drug-likeness (QED) is 0.550. The summed E-state index contributed by atoms with van der Waals surface area (Å²) in [5.74, 6) is 0.125. The summed E-state index contributed by atoms with van der Waals surface area (Å²) in [6, 6.07) is 17.3. The summed E-state index contributed by atoms with van der Waals surface area (Å²) in [6.45, 7) is 0. The Labute approximate surface area is 177 Å². The highest BCUT2D eigenvalue weighted by Gasteiger charge is 2.19. The summed E-state index contributed by atoms with van der Waals surface area (Å²) >= 11 is 8.84. The third-order valence-corrected chi connectivity index (χ3v) is 5.25. The largest absolute Gasteiger partial charge is 0.495 e. The molecule has 0 saturated heterocycles. The van der Waals surface area contributed by atoms with Crippen LogP contribution in [0.15, 0.2) is 59.1 Å². The Morgan fingerprint density at radius 3 is 2.43 bits per heavy atom. The van der Waals surface area contributed by atoms with Crippen LogP contribution in [0.5, 0.6) is 5.75 Å². The standard InChI is InChI=1S/C21H20BrN3O2S/c1-25(2)15-10-8-14(9-11-15)23-21(28)24-20(26)17-12-13-6-4-5-7-16(13)18(22)19(17)27-3/h4-12H,1-3H3,(H2,23,24,26,28). The number of methoxy groups -OCH3 is 1. The number of amides is 1. The Bertz CT molecular complexity index is 1040. The van der Waals surface area contributed by atoms with Crippen LogP contribution in [0.3, 0.4) is 0 Å². The average Bonchev–Trinajstić information content (AvgIpc) is 2.68. The first-order chi connectivity index (χ1) is 13.4. The molecule has 0 atom stereocenters. The molecule has 0 unspecified atom stereocenters. The van der Waals surface area contributed by atoms with Crippen LogP contribution in [-0.2, 0) is 0 Å². The molecule has 3 aromatic rings. The molecule has 0 aliphatic rings. The summed E-state index contributed by atoms with van der Waals surface area (Å²) in [5.41, 5.74) is 2.27. The molecule has 0 radical (unpaired) electrons. The van der Waals surface area contributed by atoms with Crippen LogP contribution in [0.25, 0.3) is 10.8 Å². The molecule has 1 amide bonds. The fourth-order valence-electron chi connectivity index (χ4n) is 2.83. The molecule has 0 bridgehead atoms. The van der Waals surface area contributed by atoms with E-state index >= 15 is 0 Å². The summed E-state index contributed by atoms with van der Waals surface area (Å²) in [4.78, 5) is 14.8. The molecule has 7 heteroatoms. The van der Waals surface area contributed by atoms with Crippen LogP contribution < -0.4 is 20.3 Å². The minimum absolute atomic E-state index is 0.217. The molecule has 0 fully saturated rings. The number of anilines is 2. The first kappa shape index (κ1) is 20.1. The molecule has 5 nitrogen and oxygen atoms in total. The van der Waals surface area contributed by atoms with E-state index in [0.29, 0.717) is 11.3 Å². The molecular weight excluding hydrogens is 438 g/mol. The Morgan fingerprint density at radius 1 is 1.11 bits per heavy atom. The van der Waals surface area contributed by atoms with Crippen molar-refractivity contribution in [3.05, 3.63) is 64.6 Å². The molecule has 0 heterocycles. The molecule has 0 aromatic heterocycles. The molecule has 0 saturated carbocycles. The van der Waals surface area contributed by atoms with Crippen molar-refractivity contribution < 1.29 is 9.53 Å². The maximum Gasteiger partial charge on any atom is 0.261 e. The van der Waals surface area contributed by atoms with Gasteiger partial charge in [-0.3, -0.25) is 10.1 Å². The predicted octanol–water partition coefficient (Wildman–Crippen LogP) is 4.80. The zero-order chi connectivity index (χ0) is 20.3. The SMILES string of the molecule is COc1c(C(=O)NC(=S)Nc2ccc(N(C)C)cc2)cc2ccccc2c1Br. The van der Waals surface area contributed by atoms with Crippen LogP contribution >= 0.6 is 28.1 Å². The normalized spacial score (nSPS) is 10.4. The van der Waals surface area contributed by atoms with Gasteiger partial charge in [-0.1, -0.05) is 24.3 Å². The van der Waals surface area contributed by atoms with Gasteiger partial charge in [0.25, 0.3) is 5.91 Å². The van der Waals surface area contributed by atoms with Crippen molar-refractivity contribution in [3.8, 4) is 5.75 Å². The number of fused-ring (bicyclic) bond motifs is 1. The van der Waals surface area contributed by atoms with E-state index in [1.165, 1.54) is 7.11 Å². The van der Waals surface area contributed by atoms with Gasteiger partial charge >= 0.3 is 0 Å². The molecule has 0 aliphatic heterocycles. The van der Waals surface area contributed by atoms with Gasteiger partial charge in [-0.2, -0.15) is 0 Å². The van der Waals surface area contributed by atoms with E-state index in [4.69, 9.17) is 17.0 Å². The number of nitrogens with zero attached hydrogens (tertiary/aromatic N) is 1. The van der Waals surface area contributed by atoms with E-state index in [1.54, 1.807) is 6.07 Å². The number of nitrogens with one attached hydrogen (secondary N) is 2. The number of ether oxygens (including phenoxy) is 1. The highest BCUT2D eigenvalue weighted by molar-refractivity contribution is 9.10. The summed E-state index contributed by atoms with van der Waals surface area (Å²) < 4.78 is 6.20. The number of carbonyl (C=O) groups excluding carboxylic acids is 1. The second kappa shape index (κ2) is 8.58. The van der Waals surface area contributed by atoms with E-state index in [2.05, 4.69) is 26.6 Å². The smallest absolute Gasteiger partial charge is 0.261 e. The fraction of sp³-hybridized carbons (Fsp3) is 0.143. The van der Waals surface area contributed by atoms with Crippen molar-refractivity contribution in [2.24, 2.45) is 0 Å². The topological polar surface area (TPSA) is 53.6 Å². The second-order valence-electron chi connectivity index (χ2n) is 6.34. The lowest BCUT2D eigenvalue weighted by molar-refractivity contribution is 0.0975. The maximum atomic E-state index is 12.8. The lowest BCUT2D eigenvalue weighted by Crippen LogP contribution is -2.34. The van der Waals surface area contributed by atoms with E-state index in [1.807, 2.05) is 67.5 Å². The van der Waals surface area contributed by atoms with E-state index < -0.39 is 0 Å². The third-order valence-electron chi connectivity index (χ3n) is 4.26. The van der Waals surface area contributed by atoms with Crippen molar-refractivity contribution in [3.63, 3.8) is 0 Å². The van der Waals surface area contributed by atoms with Gasteiger partial charge < -0.3 is 15.0 Å². The van der Waals surface area contributed by atoms with E-state index in [0.717, 1.165) is 26.6 Å². The Kier molecular flexibility index (Phi) is 6.16. The fourth-order valence-corrected chi connectivity index (χ4v) is 3.78. The number of hydrogen-bond acceptors (Lipinski definition) is 4. The maximum absolute atomic E-state index is 12.8. The van der Waals surface area contributed by atoms with Gasteiger partial charge in [-0.15, -0.1) is 0 Å². The van der Waals surface area contributed by atoms with Gasteiger partial charge in [0, 0.05) is 25.5 Å². The van der Waals surface area contributed by atoms with Crippen molar-refractivity contribution in [2.45, 2.75) is 0 Å². The molecule has 3 rings (SSSR count). The minimum Gasteiger partial charge on any atom is -0.495 e. The number of halogens is 1. The van der Waals surface area contributed by atoms with Crippen LogP contribution in [0.4, 0.5) is 11.4 Å². The Balaban J connectivity index is 1.79. The van der Waals surface area contributed by atoms with Crippen molar-refractivity contribution in [2.75, 3.05) is 31.4 Å². The molecule has 0 spiro atoms. The van der Waals surface area contributed by atoms with Gasteiger partial charge in [0.2, 0.25) is 0 Å². The minimum atomic E-state index is -0.342. The summed E-state index contributed by atoms with van der Waals surface area (Å²) in [7, 11) is 5.49. The van der Waals surface area contributed by atoms with Crippen LogP contribution in [0.2, 0.25) is 0 Å². The van der Waals surface area contributed by atoms with Crippen molar-refractivity contribution >= 4 is 61.3 Å². The zero-order valence-electron chi connectivity index (χ0n) is 15.7. The third kappa shape index (κ3) is 4.26. The van der Waals surface area contributed by atoms with E-state index in [9.17, 15) is 4.79 Å². The van der Waals surface area contributed by atoms with Crippen molar-refractivity contribution in [1.82, 2.24) is 5.32 Å². The molecule has 0 aliphatic carbocycles. The molecule has 3 aromatic carbocycles. The lowest BCUT2D eigenvalue weighted by Gasteiger charge is -2.15. The Morgan fingerprint density at radius 2 is 1.79 bits per heavy atom. The van der Waals surface area contributed by atoms with Crippen LogP contribution in [0, 0.1) is 0 Å². The predicted molar refractivity (Wildman–Crippen MR) is 123 cm³/mol. The number of hydrogen-bond donors (Lipinski definition) is 2. The van der Waals surface area contributed by atoms with Crippen LogP contribution in [0.1, 0.15) is 10.4 Å². The Hall–Kier alpha value is -2.64. The van der Waals surface area contributed by atoms with Gasteiger partial charge in [0.15, 0.2) is 5.11 Å². The monoisotopic (exact) mass is 457 g/mol. The van der Waals surface area contributed by atoms with Gasteiger partial charge in [-0.05, 0) is 69.3 Å². The van der Waals surface area contributed by atoms with Crippen LogP contribution in [-0.4, -0.2) is 32.2 Å². The molecule has 144 valence electrons.